The van der Waals surface area contributed by atoms with Crippen molar-refractivity contribution >= 4 is 23.6 Å². The molecular formula is C15H18FNO4S. The number of ether oxygens (including phenoxy) is 1. The lowest BCUT2D eigenvalue weighted by Crippen LogP contribution is -2.44. The van der Waals surface area contributed by atoms with Crippen molar-refractivity contribution in [3.63, 3.8) is 0 Å². The third-order valence-electron chi connectivity index (χ3n) is 2.57. The number of hydrogen-bond donors (Lipinski definition) is 2. The highest BCUT2D eigenvalue weighted by Crippen LogP contribution is 2.18. The number of thioether (sulfide) groups is 1. The minimum atomic E-state index is -1.15. The molecule has 1 aromatic carbocycles. The topological polar surface area (TPSA) is 75.6 Å². The Hall–Kier alpha value is -1.86. The minimum absolute atomic E-state index is 0.113. The van der Waals surface area contributed by atoms with Gasteiger partial charge in [0.05, 0.1) is 13.2 Å². The maximum absolute atomic E-state index is 12.7. The van der Waals surface area contributed by atoms with Crippen LogP contribution in [0.4, 0.5) is 4.39 Å². The maximum atomic E-state index is 12.7. The van der Waals surface area contributed by atoms with E-state index in [4.69, 9.17) is 9.84 Å². The first kappa shape index (κ1) is 18.2. The van der Waals surface area contributed by atoms with E-state index in [1.807, 2.05) is 0 Å². The van der Waals surface area contributed by atoms with Crippen molar-refractivity contribution in [1.29, 1.82) is 0 Å². The van der Waals surface area contributed by atoms with Crippen LogP contribution in [0.5, 0.6) is 0 Å². The summed E-state index contributed by atoms with van der Waals surface area (Å²) in [5, 5.41) is 11.4. The van der Waals surface area contributed by atoms with Crippen molar-refractivity contribution < 1.29 is 23.8 Å². The van der Waals surface area contributed by atoms with Gasteiger partial charge in [0, 0.05) is 17.1 Å². The summed E-state index contributed by atoms with van der Waals surface area (Å²) in [6, 6.07) is 4.87. The summed E-state index contributed by atoms with van der Waals surface area (Å²) >= 11 is 1.39. The second-order valence-electron chi connectivity index (χ2n) is 4.34. The zero-order valence-electron chi connectivity index (χ0n) is 12.0. The first-order valence-corrected chi connectivity index (χ1v) is 7.60. The van der Waals surface area contributed by atoms with Gasteiger partial charge in [-0.1, -0.05) is 6.08 Å². The molecule has 1 unspecified atom stereocenters. The first-order chi connectivity index (χ1) is 10.5. The van der Waals surface area contributed by atoms with Crippen LogP contribution in [0.25, 0.3) is 0 Å². The number of carboxylic acid groups (broad SMARTS) is 1. The summed E-state index contributed by atoms with van der Waals surface area (Å²) in [5.41, 5.74) is 0. The number of carboxylic acids is 1. The summed E-state index contributed by atoms with van der Waals surface area (Å²) in [6.07, 6.45) is 1.66. The largest absolute Gasteiger partial charge is 0.480 e. The molecule has 0 heterocycles. The van der Waals surface area contributed by atoms with E-state index < -0.39 is 12.0 Å². The van der Waals surface area contributed by atoms with E-state index in [2.05, 4.69) is 11.9 Å². The average molecular weight is 327 g/mol. The van der Waals surface area contributed by atoms with Crippen LogP contribution >= 0.6 is 11.8 Å². The Morgan fingerprint density at radius 2 is 2.09 bits per heavy atom. The minimum Gasteiger partial charge on any atom is -0.480 e. The Balaban J connectivity index is 2.32. The van der Waals surface area contributed by atoms with Crippen LogP contribution in [-0.4, -0.2) is 42.0 Å². The zero-order chi connectivity index (χ0) is 16.4. The molecule has 0 saturated heterocycles. The van der Waals surface area contributed by atoms with E-state index in [0.29, 0.717) is 5.75 Å². The quantitative estimate of drug-likeness (QED) is 0.391. The molecule has 5 nitrogen and oxygen atoms in total. The average Bonchev–Trinajstić information content (AvgIpc) is 2.48. The van der Waals surface area contributed by atoms with Crippen molar-refractivity contribution in [2.75, 3.05) is 19.0 Å². The number of benzene rings is 1. The number of amides is 1. The number of rotatable bonds is 10. The van der Waals surface area contributed by atoms with Gasteiger partial charge < -0.3 is 15.2 Å². The van der Waals surface area contributed by atoms with Gasteiger partial charge in [0.15, 0.2) is 6.04 Å². The van der Waals surface area contributed by atoms with Crippen LogP contribution in [-0.2, 0) is 14.3 Å². The van der Waals surface area contributed by atoms with Gasteiger partial charge in [-0.3, -0.25) is 4.79 Å². The van der Waals surface area contributed by atoms with Crippen LogP contribution in [0.1, 0.15) is 6.42 Å². The number of aliphatic carboxylic acids is 1. The summed E-state index contributed by atoms with van der Waals surface area (Å²) < 4.78 is 17.8. The molecule has 0 spiro atoms. The molecule has 7 heteroatoms. The zero-order valence-corrected chi connectivity index (χ0v) is 12.8. The predicted octanol–water partition coefficient (Wildman–Crippen LogP) is 2.08. The molecule has 120 valence electrons. The van der Waals surface area contributed by atoms with Gasteiger partial charge in [0.2, 0.25) is 5.91 Å². The predicted molar refractivity (Wildman–Crippen MR) is 82.3 cm³/mol. The Labute approximate surface area is 132 Å². The number of carbonyl (C=O) groups excluding carboxylic acids is 1. The molecular weight excluding hydrogens is 309 g/mol. The van der Waals surface area contributed by atoms with E-state index in [1.165, 1.54) is 30.0 Å². The molecule has 1 aromatic rings. The molecule has 0 radical (unpaired) electrons. The molecule has 0 saturated carbocycles. The second kappa shape index (κ2) is 9.97. The molecule has 0 aromatic heterocycles. The van der Waals surface area contributed by atoms with Crippen LogP contribution < -0.4 is 5.32 Å². The molecule has 1 atom stereocenters. The van der Waals surface area contributed by atoms with Gasteiger partial charge in [-0.15, -0.1) is 18.3 Å². The standard InChI is InChI=1S/C15H18FNO4S/c1-2-8-21-10-13(15(19)20)17-14(18)7-9-22-12-5-3-11(16)4-6-12/h2-6,13H,1,7-10H2,(H,17,18)(H,19,20). The molecule has 0 bridgehead atoms. The van der Waals surface area contributed by atoms with Crippen LogP contribution in [0, 0.1) is 5.82 Å². The van der Waals surface area contributed by atoms with Crippen molar-refractivity contribution in [3.8, 4) is 0 Å². The van der Waals surface area contributed by atoms with Crippen molar-refractivity contribution in [2.24, 2.45) is 0 Å². The number of halogens is 1. The second-order valence-corrected chi connectivity index (χ2v) is 5.51. The fourth-order valence-corrected chi connectivity index (χ4v) is 2.35. The van der Waals surface area contributed by atoms with Crippen LogP contribution in [0.15, 0.2) is 41.8 Å². The Morgan fingerprint density at radius 1 is 1.41 bits per heavy atom. The summed E-state index contributed by atoms with van der Waals surface area (Å²) in [7, 11) is 0. The molecule has 0 aliphatic rings. The summed E-state index contributed by atoms with van der Waals surface area (Å²) in [4.78, 5) is 23.6. The SMILES string of the molecule is C=CCOCC(NC(=O)CCSc1ccc(F)cc1)C(=O)O. The maximum Gasteiger partial charge on any atom is 0.328 e. The Bertz CT molecular complexity index is 507. The monoisotopic (exact) mass is 327 g/mol. The first-order valence-electron chi connectivity index (χ1n) is 6.62. The highest BCUT2D eigenvalue weighted by molar-refractivity contribution is 7.99. The van der Waals surface area contributed by atoms with Gasteiger partial charge in [-0.2, -0.15) is 0 Å². The fraction of sp³-hybridized carbons (Fsp3) is 0.333. The lowest BCUT2D eigenvalue weighted by atomic mass is 10.3. The van der Waals surface area contributed by atoms with Crippen LogP contribution in [0.3, 0.4) is 0 Å². The van der Waals surface area contributed by atoms with Gasteiger partial charge in [-0.25, -0.2) is 9.18 Å². The molecule has 0 fully saturated rings. The van der Waals surface area contributed by atoms with E-state index in [0.717, 1.165) is 4.90 Å². The van der Waals surface area contributed by atoms with Gasteiger partial charge in [0.1, 0.15) is 5.82 Å². The van der Waals surface area contributed by atoms with Crippen molar-refractivity contribution in [2.45, 2.75) is 17.4 Å². The van der Waals surface area contributed by atoms with E-state index >= 15 is 0 Å². The Kier molecular flexibility index (Phi) is 8.24. The van der Waals surface area contributed by atoms with Crippen molar-refractivity contribution in [3.05, 3.63) is 42.7 Å². The van der Waals surface area contributed by atoms with E-state index in [-0.39, 0.29) is 31.4 Å². The Morgan fingerprint density at radius 3 is 2.68 bits per heavy atom. The molecule has 0 aliphatic carbocycles. The normalized spacial score (nSPS) is 11.7. The molecule has 1 amide bonds. The highest BCUT2D eigenvalue weighted by Gasteiger charge is 2.19. The van der Waals surface area contributed by atoms with E-state index in [9.17, 15) is 14.0 Å². The smallest absolute Gasteiger partial charge is 0.328 e. The van der Waals surface area contributed by atoms with Crippen LogP contribution in [0.2, 0.25) is 0 Å². The fourth-order valence-electron chi connectivity index (χ4n) is 1.50. The third-order valence-corrected chi connectivity index (χ3v) is 3.58. The van der Waals surface area contributed by atoms with Gasteiger partial charge >= 0.3 is 5.97 Å². The lowest BCUT2D eigenvalue weighted by Gasteiger charge is -2.14. The third kappa shape index (κ3) is 7.24. The van der Waals surface area contributed by atoms with Crippen molar-refractivity contribution in [1.82, 2.24) is 5.32 Å². The molecule has 22 heavy (non-hydrogen) atoms. The molecule has 2 N–H and O–H groups in total. The lowest BCUT2D eigenvalue weighted by molar-refractivity contribution is -0.143. The highest BCUT2D eigenvalue weighted by atomic mass is 32.2. The summed E-state index contributed by atoms with van der Waals surface area (Å²) in [5.74, 6) is -1.36. The number of hydrogen-bond acceptors (Lipinski definition) is 4. The number of nitrogens with one attached hydrogen (secondary N) is 1. The van der Waals surface area contributed by atoms with Gasteiger partial charge in [-0.05, 0) is 24.3 Å². The van der Waals surface area contributed by atoms with Gasteiger partial charge in [0.25, 0.3) is 0 Å². The summed E-state index contributed by atoms with van der Waals surface area (Å²) in [6.45, 7) is 3.56. The van der Waals surface area contributed by atoms with E-state index in [1.54, 1.807) is 12.1 Å². The molecule has 1 rings (SSSR count). The number of carbonyl (C=O) groups is 2. The molecule has 0 aliphatic heterocycles.